The van der Waals surface area contributed by atoms with Crippen LogP contribution in [-0.4, -0.2) is 18.1 Å². The Labute approximate surface area is 78.6 Å². The van der Waals surface area contributed by atoms with Crippen molar-refractivity contribution in [3.63, 3.8) is 0 Å². The van der Waals surface area contributed by atoms with Crippen LogP contribution in [0.25, 0.3) is 0 Å². The molecule has 0 bridgehead atoms. The maximum atomic E-state index is 5.53. The average Bonchev–Trinajstić information content (AvgIpc) is 3.00. The van der Waals surface area contributed by atoms with Gasteiger partial charge in [0.15, 0.2) is 0 Å². The van der Waals surface area contributed by atoms with Gasteiger partial charge in [0.05, 0.1) is 5.69 Å². The van der Waals surface area contributed by atoms with Crippen LogP contribution in [0, 0.1) is 0 Å². The van der Waals surface area contributed by atoms with Crippen molar-refractivity contribution in [1.29, 1.82) is 0 Å². The van der Waals surface area contributed by atoms with E-state index in [0.29, 0.717) is 6.54 Å². The Morgan fingerprint density at radius 1 is 1.62 bits per heavy atom. The number of hydrogen-bond donors (Lipinski definition) is 1. The molecule has 13 heavy (non-hydrogen) atoms. The van der Waals surface area contributed by atoms with E-state index in [-0.39, 0.29) is 0 Å². The fraction of sp³-hybridized carbons (Fsp3) is 0.500. The van der Waals surface area contributed by atoms with Crippen LogP contribution in [0.3, 0.4) is 0 Å². The normalized spacial score (nSPS) is 15.8. The van der Waals surface area contributed by atoms with Gasteiger partial charge in [0.1, 0.15) is 0 Å². The van der Waals surface area contributed by atoms with Crippen LogP contribution in [0.15, 0.2) is 18.3 Å². The van der Waals surface area contributed by atoms with Crippen molar-refractivity contribution < 1.29 is 0 Å². The first-order valence-electron chi connectivity index (χ1n) is 4.69. The summed E-state index contributed by atoms with van der Waals surface area (Å²) in [6.45, 7) is 0.520. The Bertz CT molecular complexity index is 294. The SMILES string of the molecule is CN(c1ccnc(CN)c1)C1CC1. The second-order valence-electron chi connectivity index (χ2n) is 3.55. The Morgan fingerprint density at radius 3 is 3.00 bits per heavy atom. The van der Waals surface area contributed by atoms with Gasteiger partial charge in [-0.1, -0.05) is 0 Å². The van der Waals surface area contributed by atoms with Crippen LogP contribution in [-0.2, 0) is 6.54 Å². The lowest BCUT2D eigenvalue weighted by Gasteiger charge is -2.18. The van der Waals surface area contributed by atoms with E-state index in [1.54, 1.807) is 0 Å². The zero-order valence-corrected chi connectivity index (χ0v) is 7.90. The van der Waals surface area contributed by atoms with Gasteiger partial charge in [0.25, 0.3) is 0 Å². The first kappa shape index (κ1) is 8.51. The molecule has 3 nitrogen and oxygen atoms in total. The Hall–Kier alpha value is -1.09. The van der Waals surface area contributed by atoms with Gasteiger partial charge in [-0.15, -0.1) is 0 Å². The molecule has 0 aromatic carbocycles. The number of pyridine rings is 1. The van der Waals surface area contributed by atoms with Crippen LogP contribution >= 0.6 is 0 Å². The molecule has 2 rings (SSSR count). The van der Waals surface area contributed by atoms with Crippen LogP contribution in [0.5, 0.6) is 0 Å². The zero-order chi connectivity index (χ0) is 9.26. The Morgan fingerprint density at radius 2 is 2.38 bits per heavy atom. The lowest BCUT2D eigenvalue weighted by atomic mass is 10.3. The molecule has 0 radical (unpaired) electrons. The molecule has 0 spiro atoms. The summed E-state index contributed by atoms with van der Waals surface area (Å²) in [6, 6.07) is 4.85. The molecule has 70 valence electrons. The summed E-state index contributed by atoms with van der Waals surface area (Å²) >= 11 is 0. The summed E-state index contributed by atoms with van der Waals surface area (Å²) in [5.74, 6) is 0. The summed E-state index contributed by atoms with van der Waals surface area (Å²) in [4.78, 5) is 6.47. The molecular formula is C10H15N3. The third-order valence-electron chi connectivity index (χ3n) is 2.51. The van der Waals surface area contributed by atoms with Gasteiger partial charge < -0.3 is 10.6 Å². The molecule has 1 heterocycles. The molecular weight excluding hydrogens is 162 g/mol. The van der Waals surface area contributed by atoms with Gasteiger partial charge in [-0.05, 0) is 25.0 Å². The highest BCUT2D eigenvalue weighted by molar-refractivity contribution is 5.47. The second kappa shape index (κ2) is 3.34. The lowest BCUT2D eigenvalue weighted by molar-refractivity contribution is 0.903. The number of anilines is 1. The predicted molar refractivity (Wildman–Crippen MR) is 53.6 cm³/mol. The predicted octanol–water partition coefficient (Wildman–Crippen LogP) is 1.14. The highest BCUT2D eigenvalue weighted by Gasteiger charge is 2.26. The summed E-state index contributed by atoms with van der Waals surface area (Å²) in [5, 5.41) is 0. The summed E-state index contributed by atoms with van der Waals surface area (Å²) in [5.41, 5.74) is 7.73. The van der Waals surface area contributed by atoms with E-state index in [2.05, 4.69) is 23.0 Å². The Kier molecular flexibility index (Phi) is 2.19. The van der Waals surface area contributed by atoms with Crippen LogP contribution < -0.4 is 10.6 Å². The van der Waals surface area contributed by atoms with E-state index in [9.17, 15) is 0 Å². The molecule has 0 atom stereocenters. The van der Waals surface area contributed by atoms with Crippen LogP contribution in [0.1, 0.15) is 18.5 Å². The maximum Gasteiger partial charge on any atom is 0.0560 e. The quantitative estimate of drug-likeness (QED) is 0.752. The first-order chi connectivity index (χ1) is 6.31. The fourth-order valence-corrected chi connectivity index (χ4v) is 1.47. The maximum absolute atomic E-state index is 5.53. The number of hydrogen-bond acceptors (Lipinski definition) is 3. The van der Waals surface area contributed by atoms with Crippen molar-refractivity contribution in [1.82, 2.24) is 4.98 Å². The first-order valence-corrected chi connectivity index (χ1v) is 4.69. The van der Waals surface area contributed by atoms with Crippen molar-refractivity contribution >= 4 is 5.69 Å². The number of aromatic nitrogens is 1. The molecule has 1 aromatic rings. The number of rotatable bonds is 3. The molecule has 1 fully saturated rings. The molecule has 1 aromatic heterocycles. The van der Waals surface area contributed by atoms with E-state index < -0.39 is 0 Å². The topological polar surface area (TPSA) is 42.2 Å². The van der Waals surface area contributed by atoms with Crippen LogP contribution in [0.2, 0.25) is 0 Å². The van der Waals surface area contributed by atoms with E-state index in [4.69, 9.17) is 5.73 Å². The van der Waals surface area contributed by atoms with Gasteiger partial charge >= 0.3 is 0 Å². The smallest absolute Gasteiger partial charge is 0.0560 e. The largest absolute Gasteiger partial charge is 0.372 e. The minimum atomic E-state index is 0.520. The van der Waals surface area contributed by atoms with E-state index in [1.165, 1.54) is 18.5 Å². The highest BCUT2D eigenvalue weighted by Crippen LogP contribution is 2.29. The standard InChI is InChI=1S/C10H15N3/c1-13(9-2-3-9)10-4-5-12-8(6-10)7-11/h4-6,9H,2-3,7,11H2,1H3. The van der Waals surface area contributed by atoms with E-state index in [0.717, 1.165) is 11.7 Å². The molecule has 1 aliphatic rings. The number of nitrogens with zero attached hydrogens (tertiary/aromatic N) is 2. The van der Waals surface area contributed by atoms with Gasteiger partial charge in [-0.25, -0.2) is 0 Å². The minimum absolute atomic E-state index is 0.520. The molecule has 0 aliphatic heterocycles. The second-order valence-corrected chi connectivity index (χ2v) is 3.55. The molecule has 2 N–H and O–H groups in total. The summed E-state index contributed by atoms with van der Waals surface area (Å²) in [6.07, 6.45) is 4.46. The summed E-state index contributed by atoms with van der Waals surface area (Å²) in [7, 11) is 2.13. The van der Waals surface area contributed by atoms with Gasteiger partial charge in [-0.3, -0.25) is 4.98 Å². The third kappa shape index (κ3) is 1.80. The van der Waals surface area contributed by atoms with Crippen LogP contribution in [0.4, 0.5) is 5.69 Å². The monoisotopic (exact) mass is 177 g/mol. The molecule has 1 saturated carbocycles. The van der Waals surface area contributed by atoms with Crippen molar-refractivity contribution in [2.75, 3.05) is 11.9 Å². The fourth-order valence-electron chi connectivity index (χ4n) is 1.47. The Balaban J connectivity index is 2.18. The lowest BCUT2D eigenvalue weighted by Crippen LogP contribution is -2.19. The zero-order valence-electron chi connectivity index (χ0n) is 7.90. The molecule has 0 amide bonds. The molecule has 3 heteroatoms. The van der Waals surface area contributed by atoms with Crippen molar-refractivity contribution in [2.24, 2.45) is 5.73 Å². The molecule has 0 saturated heterocycles. The van der Waals surface area contributed by atoms with Crippen molar-refractivity contribution in [3.05, 3.63) is 24.0 Å². The highest BCUT2D eigenvalue weighted by atomic mass is 15.2. The molecule has 0 unspecified atom stereocenters. The number of nitrogens with two attached hydrogens (primary N) is 1. The minimum Gasteiger partial charge on any atom is -0.372 e. The van der Waals surface area contributed by atoms with Crippen molar-refractivity contribution in [2.45, 2.75) is 25.4 Å². The average molecular weight is 177 g/mol. The van der Waals surface area contributed by atoms with Gasteiger partial charge in [0.2, 0.25) is 0 Å². The van der Waals surface area contributed by atoms with Gasteiger partial charge in [-0.2, -0.15) is 0 Å². The van der Waals surface area contributed by atoms with Crippen molar-refractivity contribution in [3.8, 4) is 0 Å². The molecule has 1 aliphatic carbocycles. The van der Waals surface area contributed by atoms with E-state index >= 15 is 0 Å². The summed E-state index contributed by atoms with van der Waals surface area (Å²) < 4.78 is 0. The van der Waals surface area contributed by atoms with E-state index in [1.807, 2.05) is 12.3 Å². The van der Waals surface area contributed by atoms with Gasteiger partial charge in [0, 0.05) is 31.5 Å². The third-order valence-corrected chi connectivity index (χ3v) is 2.51.